The van der Waals surface area contributed by atoms with E-state index in [1.165, 1.54) is 17.9 Å². The molecule has 13 heteroatoms. The predicted molar refractivity (Wildman–Crippen MR) is 165 cm³/mol. The van der Waals surface area contributed by atoms with Gasteiger partial charge >= 0.3 is 23.4 Å². The van der Waals surface area contributed by atoms with Crippen LogP contribution in [-0.2, 0) is 20.8 Å². The van der Waals surface area contributed by atoms with E-state index in [9.17, 15) is 19.2 Å². The number of aromatic nitrogens is 3. The fraction of sp³-hybridized carbons (Fsp3) is 0.387. The summed E-state index contributed by atoms with van der Waals surface area (Å²) < 4.78 is 18.3. The molecule has 12 nitrogen and oxygen atoms in total. The smallest absolute Gasteiger partial charge is 0.415 e. The number of nitrogens with one attached hydrogen (secondary N) is 1. The van der Waals surface area contributed by atoms with E-state index in [2.05, 4.69) is 9.98 Å². The van der Waals surface area contributed by atoms with Crippen LogP contribution in [0, 0.1) is 6.92 Å². The van der Waals surface area contributed by atoms with Crippen molar-refractivity contribution in [3.8, 4) is 5.75 Å². The SMILES string of the molecule is COC(=O)[C@@H]1CC(n2c(=O)[nH]/c(=N\c3ccc(OC(C)C)c(C)c3)n(Cc3ccc(Cl)cc3)c2=O)=CN1C(=O)OC(C)(C)C. The first-order chi connectivity index (χ1) is 20.7. The van der Waals surface area contributed by atoms with Crippen molar-refractivity contribution in [3.05, 3.63) is 91.4 Å². The Bertz CT molecular complexity index is 1780. The van der Waals surface area contributed by atoms with Crippen molar-refractivity contribution in [1.82, 2.24) is 19.0 Å². The maximum Gasteiger partial charge on any atom is 0.415 e. The molecule has 0 spiro atoms. The van der Waals surface area contributed by atoms with Crippen LogP contribution in [0.15, 0.2) is 63.2 Å². The van der Waals surface area contributed by atoms with Crippen LogP contribution in [0.5, 0.6) is 5.75 Å². The first-order valence-corrected chi connectivity index (χ1v) is 14.4. The third-order valence-electron chi connectivity index (χ3n) is 6.50. The molecule has 0 radical (unpaired) electrons. The quantitative estimate of drug-likeness (QED) is 0.385. The van der Waals surface area contributed by atoms with Crippen molar-refractivity contribution in [2.45, 2.75) is 72.3 Å². The van der Waals surface area contributed by atoms with E-state index in [0.717, 1.165) is 15.0 Å². The monoisotopic (exact) mass is 625 g/mol. The number of aromatic amines is 1. The Balaban J connectivity index is 1.87. The summed E-state index contributed by atoms with van der Waals surface area (Å²) in [5.41, 5.74) is -0.282. The first kappa shape index (κ1) is 32.3. The molecule has 0 aliphatic carbocycles. The van der Waals surface area contributed by atoms with Gasteiger partial charge in [-0.1, -0.05) is 23.7 Å². The van der Waals surface area contributed by atoms with E-state index in [1.807, 2.05) is 20.8 Å². The number of ether oxygens (including phenoxy) is 3. The Hall–Kier alpha value is -4.58. The number of hydrogen-bond donors (Lipinski definition) is 1. The number of rotatable bonds is 7. The molecule has 0 bridgehead atoms. The molecule has 1 N–H and O–H groups in total. The van der Waals surface area contributed by atoms with Crippen LogP contribution in [0.3, 0.4) is 0 Å². The summed E-state index contributed by atoms with van der Waals surface area (Å²) in [4.78, 5) is 61.5. The number of carbonyl (C=O) groups excluding carboxylic acids is 2. The Morgan fingerprint density at radius 3 is 2.39 bits per heavy atom. The van der Waals surface area contributed by atoms with E-state index < -0.39 is 35.1 Å². The fourth-order valence-electron chi connectivity index (χ4n) is 4.56. The molecule has 0 saturated carbocycles. The third-order valence-corrected chi connectivity index (χ3v) is 6.75. The van der Waals surface area contributed by atoms with Crippen molar-refractivity contribution in [1.29, 1.82) is 0 Å². The number of halogens is 1. The second kappa shape index (κ2) is 13.0. The summed E-state index contributed by atoms with van der Waals surface area (Å²) in [7, 11) is 1.19. The molecule has 2 heterocycles. The summed E-state index contributed by atoms with van der Waals surface area (Å²) in [6.45, 7) is 10.8. The average Bonchev–Trinajstić information content (AvgIpc) is 3.37. The van der Waals surface area contributed by atoms with Gasteiger partial charge in [-0.05, 0) is 83.0 Å². The van der Waals surface area contributed by atoms with E-state index >= 15 is 0 Å². The maximum atomic E-state index is 14.1. The Morgan fingerprint density at radius 2 is 1.80 bits per heavy atom. The minimum Gasteiger partial charge on any atom is -0.491 e. The van der Waals surface area contributed by atoms with Crippen LogP contribution in [0.1, 0.15) is 52.2 Å². The van der Waals surface area contributed by atoms with Crippen LogP contribution in [0.25, 0.3) is 5.70 Å². The van der Waals surface area contributed by atoms with Crippen molar-refractivity contribution >= 4 is 35.0 Å². The van der Waals surface area contributed by atoms with E-state index in [1.54, 1.807) is 63.2 Å². The number of aryl methyl sites for hydroxylation is 1. The van der Waals surface area contributed by atoms with E-state index in [4.69, 9.17) is 25.8 Å². The molecule has 1 amide bonds. The van der Waals surface area contributed by atoms with Crippen LogP contribution < -0.4 is 21.7 Å². The minimum atomic E-state index is -1.14. The van der Waals surface area contributed by atoms with Crippen molar-refractivity contribution in [3.63, 3.8) is 0 Å². The van der Waals surface area contributed by atoms with Gasteiger partial charge in [-0.15, -0.1) is 0 Å². The molecule has 1 aliphatic heterocycles. The van der Waals surface area contributed by atoms with Gasteiger partial charge in [0.25, 0.3) is 0 Å². The molecule has 0 fully saturated rings. The number of methoxy groups -OCH3 is 1. The summed E-state index contributed by atoms with van der Waals surface area (Å²) in [6.07, 6.45) is 0.250. The van der Waals surface area contributed by atoms with Gasteiger partial charge < -0.3 is 14.2 Å². The first-order valence-electron chi connectivity index (χ1n) is 14.0. The highest BCUT2D eigenvalue weighted by Crippen LogP contribution is 2.27. The summed E-state index contributed by atoms with van der Waals surface area (Å²) >= 11 is 6.07. The van der Waals surface area contributed by atoms with Gasteiger partial charge in [-0.3, -0.25) is 14.5 Å². The fourth-order valence-corrected chi connectivity index (χ4v) is 4.69. The highest BCUT2D eigenvalue weighted by molar-refractivity contribution is 6.30. The molecule has 234 valence electrons. The molecule has 1 aliphatic rings. The number of amides is 1. The molecule has 2 aromatic carbocycles. The summed E-state index contributed by atoms with van der Waals surface area (Å²) in [5.74, 6) is -0.0349. The second-order valence-electron chi connectivity index (χ2n) is 11.6. The van der Waals surface area contributed by atoms with E-state index in [0.29, 0.717) is 22.0 Å². The van der Waals surface area contributed by atoms with Crippen LogP contribution in [0.2, 0.25) is 5.02 Å². The zero-order valence-electron chi connectivity index (χ0n) is 25.7. The number of H-pyrrole nitrogens is 1. The number of hydrogen-bond acceptors (Lipinski definition) is 8. The number of nitrogens with zero attached hydrogens (tertiary/aromatic N) is 4. The van der Waals surface area contributed by atoms with Gasteiger partial charge in [-0.2, -0.15) is 0 Å². The molecule has 1 atom stereocenters. The summed E-state index contributed by atoms with van der Waals surface area (Å²) in [6, 6.07) is 11.0. The lowest BCUT2D eigenvalue weighted by molar-refractivity contribution is -0.145. The van der Waals surface area contributed by atoms with Gasteiger partial charge in [0.15, 0.2) is 0 Å². The Kier molecular flexibility index (Phi) is 9.53. The second-order valence-corrected chi connectivity index (χ2v) is 12.0. The highest BCUT2D eigenvalue weighted by Gasteiger charge is 2.39. The van der Waals surface area contributed by atoms with Crippen LogP contribution in [-0.4, -0.2) is 55.9 Å². The van der Waals surface area contributed by atoms with Gasteiger partial charge in [0, 0.05) is 17.6 Å². The standard InChI is InChI=1S/C31H36ClN5O7/c1-18(2)43-25-13-12-22(14-19(25)3)33-27-34-28(39)37(29(40)36(27)16-20-8-10-21(32)11-9-20)23-15-24(26(38)42-7)35(17-23)30(41)44-31(4,5)6/h8-14,17-18,24H,15-16H2,1-7H3,(H,33,34,39)/t24-/m0/s1. The zero-order chi connectivity index (χ0) is 32.3. The minimum absolute atomic E-state index is 0.00441. The average molecular weight is 626 g/mol. The van der Waals surface area contributed by atoms with Crippen molar-refractivity contribution < 1.29 is 23.8 Å². The zero-order valence-corrected chi connectivity index (χ0v) is 26.5. The number of esters is 1. The van der Waals surface area contributed by atoms with Gasteiger partial charge in [-0.25, -0.2) is 28.7 Å². The number of benzene rings is 2. The Labute approximate surface area is 259 Å². The molecule has 0 saturated heterocycles. The molecular weight excluding hydrogens is 590 g/mol. The third kappa shape index (κ3) is 7.49. The van der Waals surface area contributed by atoms with Crippen molar-refractivity contribution in [2.75, 3.05) is 7.11 Å². The summed E-state index contributed by atoms with van der Waals surface area (Å²) in [5, 5.41) is 0.522. The van der Waals surface area contributed by atoms with Gasteiger partial charge in [0.1, 0.15) is 17.4 Å². The van der Waals surface area contributed by atoms with Gasteiger partial charge in [0.05, 0.1) is 31.1 Å². The molecule has 4 rings (SSSR count). The van der Waals surface area contributed by atoms with Crippen LogP contribution in [0.4, 0.5) is 10.5 Å². The molecular formula is C31H36ClN5O7. The molecule has 3 aromatic rings. The van der Waals surface area contributed by atoms with Crippen molar-refractivity contribution in [2.24, 2.45) is 4.99 Å². The van der Waals surface area contributed by atoms with Crippen LogP contribution >= 0.6 is 11.6 Å². The normalized spacial score (nSPS) is 15.4. The largest absolute Gasteiger partial charge is 0.491 e. The topological polar surface area (TPSA) is 137 Å². The van der Waals surface area contributed by atoms with E-state index in [-0.39, 0.29) is 30.4 Å². The highest BCUT2D eigenvalue weighted by atomic mass is 35.5. The molecule has 44 heavy (non-hydrogen) atoms. The Morgan fingerprint density at radius 1 is 1.11 bits per heavy atom. The molecule has 1 aromatic heterocycles. The maximum absolute atomic E-state index is 14.1. The number of carbonyl (C=O) groups is 2. The predicted octanol–water partition coefficient (Wildman–Crippen LogP) is 4.35. The lowest BCUT2D eigenvalue weighted by Gasteiger charge is -2.26. The lowest BCUT2D eigenvalue weighted by atomic mass is 10.2. The lowest BCUT2D eigenvalue weighted by Crippen LogP contribution is -2.49. The van der Waals surface area contributed by atoms with Gasteiger partial charge in [0.2, 0.25) is 5.62 Å². The molecule has 0 unspecified atom stereocenters.